The molecule has 2 aromatic heterocycles. The first kappa shape index (κ1) is 21.4. The Kier molecular flexibility index (Phi) is 4.58. The summed E-state index contributed by atoms with van der Waals surface area (Å²) in [6, 6.07) is 10.1. The van der Waals surface area contributed by atoms with Crippen molar-refractivity contribution >= 4 is 28.0 Å². The predicted molar refractivity (Wildman–Crippen MR) is 126 cm³/mol. The Balaban J connectivity index is 1.66. The van der Waals surface area contributed by atoms with Gasteiger partial charge in [-0.15, -0.1) is 0 Å². The molecule has 1 aliphatic rings. The molecule has 0 fully saturated rings. The summed E-state index contributed by atoms with van der Waals surface area (Å²) in [5, 5.41) is 40.5. The summed E-state index contributed by atoms with van der Waals surface area (Å²) >= 11 is 0. The molecule has 0 amide bonds. The number of esters is 1. The molecule has 1 aliphatic heterocycles. The third-order valence-electron chi connectivity index (χ3n) is 6.20. The van der Waals surface area contributed by atoms with Crippen LogP contribution >= 0.6 is 0 Å². The molecule has 1 unspecified atom stereocenters. The Bertz CT molecular complexity index is 1790. The van der Waals surface area contributed by atoms with Crippen molar-refractivity contribution in [2.45, 2.75) is 12.3 Å². The normalized spacial score (nSPS) is 15.1. The molecule has 3 aromatic carbocycles. The fraction of sp³-hybridized carbons (Fsp3) is 0.0769. The number of ether oxygens (including phenoxy) is 1. The van der Waals surface area contributed by atoms with Gasteiger partial charge in [0.1, 0.15) is 22.5 Å². The maximum absolute atomic E-state index is 13.2. The Morgan fingerprint density at radius 2 is 1.61 bits per heavy atom. The van der Waals surface area contributed by atoms with Crippen LogP contribution in [0.1, 0.15) is 23.5 Å². The molecular weight excluding hydrogens is 468 g/mol. The van der Waals surface area contributed by atoms with Crippen molar-refractivity contribution in [3.05, 3.63) is 76.2 Å². The van der Waals surface area contributed by atoms with Crippen LogP contribution < -0.4 is 10.2 Å². The lowest BCUT2D eigenvalue weighted by Crippen LogP contribution is -2.22. The first-order valence-electron chi connectivity index (χ1n) is 10.8. The highest BCUT2D eigenvalue weighted by Gasteiger charge is 2.34. The highest BCUT2D eigenvalue weighted by molar-refractivity contribution is 5.94. The van der Waals surface area contributed by atoms with Crippen molar-refractivity contribution in [3.63, 3.8) is 0 Å². The molecule has 3 heterocycles. The number of nitrogens with zero attached hydrogens (tertiary/aromatic N) is 2. The quantitative estimate of drug-likeness (QED) is 0.165. The van der Waals surface area contributed by atoms with Crippen LogP contribution in [0.2, 0.25) is 0 Å². The number of hydrogen-bond donors (Lipinski definition) is 4. The molecule has 36 heavy (non-hydrogen) atoms. The van der Waals surface area contributed by atoms with Gasteiger partial charge < -0.3 is 29.6 Å². The molecule has 4 N–H and O–H groups in total. The van der Waals surface area contributed by atoms with E-state index in [4.69, 9.17) is 9.15 Å². The van der Waals surface area contributed by atoms with E-state index in [1.54, 1.807) is 30.6 Å². The lowest BCUT2D eigenvalue weighted by molar-refractivity contribution is -0.135. The van der Waals surface area contributed by atoms with Gasteiger partial charge in [0.25, 0.3) is 0 Å². The first-order chi connectivity index (χ1) is 17.3. The fourth-order valence-electron chi connectivity index (χ4n) is 4.52. The van der Waals surface area contributed by atoms with Gasteiger partial charge >= 0.3 is 5.97 Å². The topological polar surface area (TPSA) is 163 Å². The van der Waals surface area contributed by atoms with E-state index in [-0.39, 0.29) is 34.5 Å². The number of phenolic OH excluding ortho intramolecular Hbond substituents is 3. The minimum Gasteiger partial charge on any atom is -0.507 e. The van der Waals surface area contributed by atoms with Crippen LogP contribution in [0.3, 0.4) is 0 Å². The average Bonchev–Trinajstić information content (AvgIpc) is 2.86. The maximum atomic E-state index is 13.2. The zero-order valence-electron chi connectivity index (χ0n) is 18.3. The summed E-state index contributed by atoms with van der Waals surface area (Å²) in [6.07, 6.45) is 3.03. The van der Waals surface area contributed by atoms with Gasteiger partial charge in [0.05, 0.1) is 17.5 Å². The average molecular weight is 484 g/mol. The van der Waals surface area contributed by atoms with Crippen molar-refractivity contribution in [1.29, 1.82) is 0 Å². The Labute approximate surface area is 201 Å². The summed E-state index contributed by atoms with van der Waals surface area (Å²) < 4.78 is 11.4. The Morgan fingerprint density at radius 1 is 0.833 bits per heavy atom. The minimum absolute atomic E-state index is 0.00818. The molecule has 0 aliphatic carbocycles. The second kappa shape index (κ2) is 7.70. The van der Waals surface area contributed by atoms with Gasteiger partial charge in [-0.05, 0) is 35.9 Å². The predicted octanol–water partition coefficient (Wildman–Crippen LogP) is 3.67. The van der Waals surface area contributed by atoms with Gasteiger partial charge in [-0.2, -0.15) is 0 Å². The lowest BCUT2D eigenvalue weighted by atomic mass is 9.85. The summed E-state index contributed by atoms with van der Waals surface area (Å²) in [6.45, 7) is 0. The number of rotatable bonds is 2. The zero-order chi connectivity index (χ0) is 25.1. The molecule has 0 radical (unpaired) electrons. The van der Waals surface area contributed by atoms with E-state index < -0.39 is 40.3 Å². The van der Waals surface area contributed by atoms with E-state index in [1.165, 1.54) is 12.1 Å². The highest BCUT2D eigenvalue weighted by atomic mass is 16.5. The van der Waals surface area contributed by atoms with Crippen LogP contribution in [0.4, 0.5) is 0 Å². The number of benzene rings is 3. The summed E-state index contributed by atoms with van der Waals surface area (Å²) in [4.78, 5) is 34.2. The van der Waals surface area contributed by atoms with Gasteiger partial charge in [0.15, 0.2) is 17.3 Å². The first-order valence-corrected chi connectivity index (χ1v) is 10.8. The third-order valence-corrected chi connectivity index (χ3v) is 6.20. The fourth-order valence-corrected chi connectivity index (χ4v) is 4.52. The van der Waals surface area contributed by atoms with Crippen LogP contribution in [-0.4, -0.2) is 36.4 Å². The van der Waals surface area contributed by atoms with Crippen LogP contribution in [-0.2, 0) is 4.79 Å². The SMILES string of the molecule is O=C1CC(c2ccc3nccnc3c2)c2c(cc(O)c3c(=O)c(O)c(-c4ccc(O)c(O)c4)oc23)O1. The molecule has 5 aromatic rings. The molecule has 0 saturated carbocycles. The van der Waals surface area contributed by atoms with Crippen molar-refractivity contribution in [3.8, 4) is 40.1 Å². The van der Waals surface area contributed by atoms with Crippen molar-refractivity contribution in [2.24, 2.45) is 0 Å². The van der Waals surface area contributed by atoms with Crippen molar-refractivity contribution in [2.75, 3.05) is 0 Å². The Morgan fingerprint density at radius 3 is 2.39 bits per heavy atom. The zero-order valence-corrected chi connectivity index (χ0v) is 18.3. The van der Waals surface area contributed by atoms with E-state index >= 15 is 0 Å². The second-order valence-electron chi connectivity index (χ2n) is 8.36. The van der Waals surface area contributed by atoms with Gasteiger partial charge in [-0.25, -0.2) is 0 Å². The largest absolute Gasteiger partial charge is 0.507 e. The summed E-state index contributed by atoms with van der Waals surface area (Å²) in [5.74, 6) is -3.69. The maximum Gasteiger partial charge on any atom is 0.312 e. The summed E-state index contributed by atoms with van der Waals surface area (Å²) in [5.41, 5.74) is 1.34. The number of fused-ring (bicyclic) bond motifs is 4. The molecule has 6 rings (SSSR count). The number of hydrogen-bond acceptors (Lipinski definition) is 10. The van der Waals surface area contributed by atoms with E-state index in [0.29, 0.717) is 22.2 Å². The molecular formula is C26H16N2O8. The monoisotopic (exact) mass is 484 g/mol. The van der Waals surface area contributed by atoms with E-state index in [9.17, 15) is 30.0 Å². The third kappa shape index (κ3) is 3.19. The number of aromatic nitrogens is 2. The van der Waals surface area contributed by atoms with Gasteiger partial charge in [-0.3, -0.25) is 19.6 Å². The van der Waals surface area contributed by atoms with Crippen LogP contribution in [0.5, 0.6) is 28.7 Å². The van der Waals surface area contributed by atoms with E-state index in [2.05, 4.69) is 9.97 Å². The minimum atomic E-state index is -0.917. The smallest absolute Gasteiger partial charge is 0.312 e. The molecule has 0 bridgehead atoms. The molecule has 0 spiro atoms. The van der Waals surface area contributed by atoms with Gasteiger partial charge in [0, 0.05) is 35.5 Å². The van der Waals surface area contributed by atoms with Crippen molar-refractivity contribution < 1.29 is 34.4 Å². The van der Waals surface area contributed by atoms with Crippen LogP contribution in [0.25, 0.3) is 33.3 Å². The number of carbonyl (C=O) groups is 1. The van der Waals surface area contributed by atoms with E-state index in [1.807, 2.05) is 0 Å². The van der Waals surface area contributed by atoms with Crippen LogP contribution in [0.15, 0.2) is 64.1 Å². The Hall–Kier alpha value is -5.12. The van der Waals surface area contributed by atoms with Gasteiger partial charge in [-0.1, -0.05) is 6.07 Å². The lowest BCUT2D eigenvalue weighted by Gasteiger charge is -2.26. The second-order valence-corrected chi connectivity index (χ2v) is 8.36. The molecule has 1 atom stereocenters. The molecule has 10 heteroatoms. The number of carbonyl (C=O) groups excluding carboxylic acids is 1. The molecule has 0 saturated heterocycles. The van der Waals surface area contributed by atoms with Crippen molar-refractivity contribution in [1.82, 2.24) is 9.97 Å². The summed E-state index contributed by atoms with van der Waals surface area (Å²) in [7, 11) is 0. The number of phenols is 3. The molecule has 178 valence electrons. The number of aromatic hydroxyl groups is 4. The van der Waals surface area contributed by atoms with E-state index in [0.717, 1.165) is 12.1 Å². The standard InChI is InChI=1S/C26H16N2O8/c29-16-4-2-12(8-17(16)30)25-24(34)23(33)22-18(31)10-19-21(26(22)36-25)13(9-20(32)35-19)11-1-3-14-15(7-11)28-6-5-27-14/h1-8,10,13,29-31,34H,9H2. The van der Waals surface area contributed by atoms with Gasteiger partial charge in [0.2, 0.25) is 11.2 Å². The molecule has 10 nitrogen and oxygen atoms in total. The highest BCUT2D eigenvalue weighted by Crippen LogP contribution is 2.47. The van der Waals surface area contributed by atoms with Crippen LogP contribution in [0, 0.1) is 0 Å².